The van der Waals surface area contributed by atoms with Crippen LogP contribution < -0.4 is 4.72 Å². The maximum Gasteiger partial charge on any atom is 0.232 e. The van der Waals surface area contributed by atoms with Crippen molar-refractivity contribution in [3.8, 4) is 12.1 Å². The second-order valence-corrected chi connectivity index (χ2v) is 7.95. The molecule has 1 unspecified atom stereocenters. The van der Waals surface area contributed by atoms with E-state index in [1.54, 1.807) is 30.3 Å². The molecule has 25 heavy (non-hydrogen) atoms. The molecule has 0 saturated carbocycles. The van der Waals surface area contributed by atoms with Gasteiger partial charge in [0.25, 0.3) is 0 Å². The summed E-state index contributed by atoms with van der Waals surface area (Å²) >= 11 is 0. The van der Waals surface area contributed by atoms with Crippen LogP contribution in [0.3, 0.4) is 0 Å². The highest BCUT2D eigenvalue weighted by molar-refractivity contribution is 7.90. The van der Waals surface area contributed by atoms with Crippen LogP contribution >= 0.6 is 0 Å². The maximum absolute atomic E-state index is 12.3. The molecule has 1 aromatic carbocycles. The van der Waals surface area contributed by atoms with E-state index in [2.05, 4.69) is 10.8 Å². The van der Waals surface area contributed by atoms with Crippen LogP contribution in [0.4, 0.5) is 0 Å². The maximum atomic E-state index is 12.3. The fraction of sp³-hybridized carbons (Fsp3) is 0.579. The third-order valence-electron chi connectivity index (χ3n) is 4.05. The highest BCUT2D eigenvalue weighted by Gasteiger charge is 2.26. The molecule has 1 atom stereocenters. The van der Waals surface area contributed by atoms with E-state index in [4.69, 9.17) is 5.26 Å². The molecule has 1 N–H and O–H groups in total. The fourth-order valence-electron chi connectivity index (χ4n) is 2.64. The summed E-state index contributed by atoms with van der Waals surface area (Å²) < 4.78 is 27.1. The van der Waals surface area contributed by atoms with E-state index >= 15 is 0 Å². The van der Waals surface area contributed by atoms with E-state index in [0.717, 1.165) is 44.9 Å². The number of hydrogen-bond donors (Lipinski definition) is 1. The molecule has 0 aliphatic rings. The molecular weight excluding hydrogens is 334 g/mol. The van der Waals surface area contributed by atoms with Crippen molar-refractivity contribution in [2.75, 3.05) is 6.54 Å². The van der Waals surface area contributed by atoms with Crippen molar-refractivity contribution in [1.29, 1.82) is 10.5 Å². The van der Waals surface area contributed by atoms with E-state index in [9.17, 15) is 13.7 Å². The molecule has 5 nitrogen and oxygen atoms in total. The molecule has 0 aliphatic heterocycles. The molecule has 0 aliphatic carbocycles. The zero-order valence-corrected chi connectivity index (χ0v) is 15.5. The Balaban J connectivity index is 2.18. The van der Waals surface area contributed by atoms with Crippen molar-refractivity contribution in [1.82, 2.24) is 4.72 Å². The van der Waals surface area contributed by atoms with Crippen LogP contribution in [0.5, 0.6) is 0 Å². The molecule has 0 radical (unpaired) electrons. The van der Waals surface area contributed by atoms with Gasteiger partial charge in [0, 0.05) is 13.0 Å². The first-order valence-electron chi connectivity index (χ1n) is 8.92. The van der Waals surface area contributed by atoms with E-state index in [-0.39, 0.29) is 0 Å². The molecule has 6 heteroatoms. The normalized spacial score (nSPS) is 12.2. The first kappa shape index (κ1) is 21.2. The fourth-order valence-corrected chi connectivity index (χ4v) is 3.89. The largest absolute Gasteiger partial charge is 0.232 e. The summed E-state index contributed by atoms with van der Waals surface area (Å²) in [6.45, 7) is 0.371. The molecule has 0 bridgehead atoms. The van der Waals surface area contributed by atoms with Gasteiger partial charge in [0.05, 0.1) is 12.1 Å². The number of rotatable bonds is 13. The number of unbranched alkanes of at least 4 members (excludes halogenated alkanes) is 8. The van der Waals surface area contributed by atoms with Crippen molar-refractivity contribution >= 4 is 10.0 Å². The van der Waals surface area contributed by atoms with Gasteiger partial charge >= 0.3 is 0 Å². The highest BCUT2D eigenvalue weighted by Crippen LogP contribution is 2.20. The van der Waals surface area contributed by atoms with Crippen LogP contribution in [0.25, 0.3) is 0 Å². The smallest absolute Gasteiger partial charge is 0.214 e. The van der Waals surface area contributed by atoms with Crippen LogP contribution in [0.15, 0.2) is 30.3 Å². The third-order valence-corrected chi connectivity index (χ3v) is 5.65. The number of hydrogen-bond acceptors (Lipinski definition) is 4. The Morgan fingerprint density at radius 2 is 1.44 bits per heavy atom. The van der Waals surface area contributed by atoms with Crippen LogP contribution in [0, 0.1) is 22.7 Å². The molecular formula is C19H27N3O2S. The minimum absolute atomic E-state index is 0.371. The first-order valence-corrected chi connectivity index (χ1v) is 10.5. The topological polar surface area (TPSA) is 93.8 Å². The van der Waals surface area contributed by atoms with Crippen molar-refractivity contribution < 1.29 is 8.42 Å². The van der Waals surface area contributed by atoms with Gasteiger partial charge in [-0.25, -0.2) is 13.1 Å². The van der Waals surface area contributed by atoms with Crippen LogP contribution in [0.2, 0.25) is 0 Å². The lowest BCUT2D eigenvalue weighted by atomic mass is 10.1. The Kier molecular flexibility index (Phi) is 10.6. The average Bonchev–Trinajstić information content (AvgIpc) is 2.61. The van der Waals surface area contributed by atoms with E-state index < -0.39 is 15.3 Å². The molecule has 0 spiro atoms. The third kappa shape index (κ3) is 8.67. The molecule has 0 heterocycles. The number of benzene rings is 1. The molecule has 0 aromatic heterocycles. The quantitative estimate of drug-likeness (QED) is 0.533. The van der Waals surface area contributed by atoms with Gasteiger partial charge in [-0.15, -0.1) is 0 Å². The molecule has 0 amide bonds. The molecule has 1 rings (SSSR count). The van der Waals surface area contributed by atoms with Gasteiger partial charge < -0.3 is 0 Å². The second kappa shape index (κ2) is 12.5. The predicted octanol–water partition coefficient (Wildman–Crippen LogP) is 4.21. The number of nitrogens with one attached hydrogen (secondary N) is 1. The number of nitriles is 2. The Morgan fingerprint density at radius 1 is 0.880 bits per heavy atom. The minimum atomic E-state index is -3.67. The number of nitrogens with zero attached hydrogens (tertiary/aromatic N) is 2. The van der Waals surface area contributed by atoms with Crippen molar-refractivity contribution in [2.45, 2.75) is 63.0 Å². The van der Waals surface area contributed by atoms with Gasteiger partial charge in [0.2, 0.25) is 10.0 Å². The van der Waals surface area contributed by atoms with Gasteiger partial charge in [-0.3, -0.25) is 0 Å². The summed E-state index contributed by atoms with van der Waals surface area (Å²) in [5.41, 5.74) is 0.494. The summed E-state index contributed by atoms with van der Waals surface area (Å²) in [7, 11) is -3.67. The Labute approximate surface area is 151 Å². The lowest BCUT2D eigenvalue weighted by Gasteiger charge is -2.12. The van der Waals surface area contributed by atoms with Crippen LogP contribution in [0.1, 0.15) is 68.6 Å². The Bertz CT molecular complexity index is 660. The van der Waals surface area contributed by atoms with Crippen molar-refractivity contribution in [2.24, 2.45) is 0 Å². The summed E-state index contributed by atoms with van der Waals surface area (Å²) in [4.78, 5) is 0. The standard InChI is InChI=1S/C19H27N3O2S/c20-15-11-6-4-2-1-3-5-7-12-16-22-25(23,24)19(17-21)18-13-9-8-10-14-18/h8-10,13-14,19,22H,1-7,11-12,16H2. The summed E-state index contributed by atoms with van der Waals surface area (Å²) in [5.74, 6) is 0. The van der Waals surface area contributed by atoms with Crippen molar-refractivity contribution in [3.05, 3.63) is 35.9 Å². The first-order chi connectivity index (χ1) is 12.1. The van der Waals surface area contributed by atoms with E-state index in [1.165, 1.54) is 6.42 Å². The average molecular weight is 362 g/mol. The van der Waals surface area contributed by atoms with Gasteiger partial charge in [0.1, 0.15) is 0 Å². The zero-order valence-electron chi connectivity index (χ0n) is 14.7. The lowest BCUT2D eigenvalue weighted by molar-refractivity contribution is 0.554. The Morgan fingerprint density at radius 3 is 2.00 bits per heavy atom. The zero-order chi connectivity index (χ0) is 18.4. The Hall–Kier alpha value is -1.89. The SMILES string of the molecule is N#CCCCCCCCCCCNS(=O)(=O)C(C#N)c1ccccc1. The van der Waals surface area contributed by atoms with Gasteiger partial charge in [-0.1, -0.05) is 68.9 Å². The van der Waals surface area contributed by atoms with Gasteiger partial charge in [-0.2, -0.15) is 10.5 Å². The molecule has 1 aromatic rings. The minimum Gasteiger partial charge on any atom is -0.214 e. The molecule has 0 saturated heterocycles. The summed E-state index contributed by atoms with van der Waals surface area (Å²) in [5, 5.41) is 16.5. The van der Waals surface area contributed by atoms with Crippen molar-refractivity contribution in [3.63, 3.8) is 0 Å². The highest BCUT2D eigenvalue weighted by atomic mass is 32.2. The molecule has 136 valence electrons. The summed E-state index contributed by atoms with van der Waals surface area (Å²) in [6, 6.07) is 12.6. The van der Waals surface area contributed by atoms with Gasteiger partial charge in [-0.05, 0) is 18.4 Å². The van der Waals surface area contributed by atoms with Gasteiger partial charge in [0.15, 0.2) is 5.25 Å². The van der Waals surface area contributed by atoms with E-state index in [0.29, 0.717) is 18.5 Å². The predicted molar refractivity (Wildman–Crippen MR) is 98.9 cm³/mol. The lowest BCUT2D eigenvalue weighted by Crippen LogP contribution is -2.29. The monoisotopic (exact) mass is 361 g/mol. The summed E-state index contributed by atoms with van der Waals surface area (Å²) in [6.07, 6.45) is 9.06. The molecule has 0 fully saturated rings. The van der Waals surface area contributed by atoms with E-state index in [1.807, 2.05) is 6.07 Å². The van der Waals surface area contributed by atoms with Crippen LogP contribution in [-0.4, -0.2) is 15.0 Å². The number of sulfonamides is 1. The second-order valence-electron chi connectivity index (χ2n) is 6.10. The van der Waals surface area contributed by atoms with Crippen LogP contribution in [-0.2, 0) is 10.0 Å².